The number of unbranched alkanes of at least 4 members (excludes halogenated alkanes) is 3. The molecule has 0 unspecified atom stereocenters. The first kappa shape index (κ1) is 13.5. The Hall–Kier alpha value is 0.400. The van der Waals surface area contributed by atoms with Crippen molar-refractivity contribution in [3.63, 3.8) is 0 Å². The lowest BCUT2D eigenvalue weighted by molar-refractivity contribution is 0.0663. The van der Waals surface area contributed by atoms with E-state index in [2.05, 4.69) is 21.2 Å². The van der Waals surface area contributed by atoms with Gasteiger partial charge in [0.15, 0.2) is 0 Å². The molecule has 1 N–H and O–H groups in total. The van der Waals surface area contributed by atoms with E-state index in [1.54, 1.807) is 0 Å². The molecule has 1 heterocycles. The molecule has 0 aromatic carbocycles. The fraction of sp³-hybridized carbons (Fsp3) is 1.00. The summed E-state index contributed by atoms with van der Waals surface area (Å²) >= 11 is 3.46. The van der Waals surface area contributed by atoms with Gasteiger partial charge in [-0.3, -0.25) is 0 Å². The molecule has 0 aliphatic carbocycles. The number of nitrogens with one attached hydrogen (secondary N) is 1. The van der Waals surface area contributed by atoms with Crippen LogP contribution >= 0.6 is 15.9 Å². The normalized spacial score (nSPS) is 18.2. The van der Waals surface area contributed by atoms with Crippen LogP contribution in [0.25, 0.3) is 0 Å². The summed E-state index contributed by atoms with van der Waals surface area (Å²) in [6.07, 6.45) is 7.87. The Morgan fingerprint density at radius 1 is 1.07 bits per heavy atom. The highest BCUT2D eigenvalue weighted by atomic mass is 79.9. The Labute approximate surface area is 102 Å². The van der Waals surface area contributed by atoms with Crippen LogP contribution in [0.4, 0.5) is 0 Å². The minimum Gasteiger partial charge on any atom is -0.381 e. The van der Waals surface area contributed by atoms with Gasteiger partial charge in [0, 0.05) is 18.5 Å². The summed E-state index contributed by atoms with van der Waals surface area (Å²) in [4.78, 5) is 0. The fourth-order valence-electron chi connectivity index (χ4n) is 1.95. The number of hydrogen-bond donors (Lipinski definition) is 1. The van der Waals surface area contributed by atoms with Crippen LogP contribution in [0, 0.1) is 5.92 Å². The lowest BCUT2D eigenvalue weighted by Crippen LogP contribution is -2.28. The van der Waals surface area contributed by atoms with E-state index in [0.29, 0.717) is 0 Å². The molecule has 1 fully saturated rings. The zero-order valence-corrected chi connectivity index (χ0v) is 11.2. The summed E-state index contributed by atoms with van der Waals surface area (Å²) in [6.45, 7) is 4.33. The van der Waals surface area contributed by atoms with Crippen LogP contribution in [-0.4, -0.2) is 31.6 Å². The predicted molar refractivity (Wildman–Crippen MR) is 68.7 cm³/mol. The van der Waals surface area contributed by atoms with E-state index in [-0.39, 0.29) is 0 Å². The second-order valence-electron chi connectivity index (χ2n) is 4.36. The van der Waals surface area contributed by atoms with Gasteiger partial charge in [-0.05, 0) is 44.7 Å². The molecule has 0 radical (unpaired) electrons. The van der Waals surface area contributed by atoms with Gasteiger partial charge in [0.25, 0.3) is 0 Å². The third-order valence-corrected chi connectivity index (χ3v) is 3.57. The van der Waals surface area contributed by atoms with E-state index < -0.39 is 0 Å². The maximum Gasteiger partial charge on any atom is 0.0469 e. The van der Waals surface area contributed by atoms with E-state index in [1.165, 1.54) is 51.6 Å². The van der Waals surface area contributed by atoms with E-state index in [4.69, 9.17) is 4.74 Å². The highest BCUT2D eigenvalue weighted by molar-refractivity contribution is 9.09. The molecule has 0 spiro atoms. The zero-order chi connectivity index (χ0) is 10.8. The van der Waals surface area contributed by atoms with Crippen molar-refractivity contribution in [3.05, 3.63) is 0 Å². The van der Waals surface area contributed by atoms with Crippen LogP contribution in [0.5, 0.6) is 0 Å². The minimum absolute atomic E-state index is 0.862. The maximum atomic E-state index is 5.34. The molecule has 0 aromatic rings. The van der Waals surface area contributed by atoms with Crippen LogP contribution < -0.4 is 5.32 Å². The topological polar surface area (TPSA) is 21.3 Å². The van der Waals surface area contributed by atoms with Crippen LogP contribution in [0.15, 0.2) is 0 Å². The largest absolute Gasteiger partial charge is 0.381 e. The molecule has 0 aromatic heterocycles. The first-order valence-corrected chi connectivity index (χ1v) is 7.40. The molecular formula is C12H24BrNO. The smallest absolute Gasteiger partial charge is 0.0469 e. The quantitative estimate of drug-likeness (QED) is 0.544. The molecule has 1 rings (SSSR count). The third-order valence-electron chi connectivity index (χ3n) is 3.01. The van der Waals surface area contributed by atoms with Crippen molar-refractivity contribution in [2.75, 3.05) is 31.6 Å². The summed E-state index contributed by atoms with van der Waals surface area (Å²) in [5.41, 5.74) is 0. The average molecular weight is 278 g/mol. The van der Waals surface area contributed by atoms with E-state index in [1.807, 2.05) is 0 Å². The van der Waals surface area contributed by atoms with Crippen LogP contribution in [0.3, 0.4) is 0 Å². The van der Waals surface area contributed by atoms with Gasteiger partial charge >= 0.3 is 0 Å². The Morgan fingerprint density at radius 2 is 1.80 bits per heavy atom. The Bertz CT molecular complexity index is 138. The summed E-state index contributed by atoms with van der Waals surface area (Å²) in [7, 11) is 0. The third kappa shape index (κ3) is 7.31. The zero-order valence-electron chi connectivity index (χ0n) is 9.64. The summed E-state index contributed by atoms with van der Waals surface area (Å²) in [5, 5.41) is 4.72. The van der Waals surface area contributed by atoms with Gasteiger partial charge in [-0.2, -0.15) is 0 Å². The second-order valence-corrected chi connectivity index (χ2v) is 5.16. The molecular weight excluding hydrogens is 254 g/mol. The summed E-state index contributed by atoms with van der Waals surface area (Å²) < 4.78 is 5.34. The lowest BCUT2D eigenvalue weighted by Gasteiger charge is -2.22. The molecule has 0 bridgehead atoms. The SMILES string of the molecule is BrCCCCCCNCC1CCOCC1. The molecule has 0 amide bonds. The highest BCUT2D eigenvalue weighted by Crippen LogP contribution is 2.13. The van der Waals surface area contributed by atoms with Crippen LogP contribution in [-0.2, 0) is 4.74 Å². The van der Waals surface area contributed by atoms with Crippen molar-refractivity contribution in [2.45, 2.75) is 38.5 Å². The Kier molecular flexibility index (Phi) is 8.63. The van der Waals surface area contributed by atoms with Crippen molar-refractivity contribution in [2.24, 2.45) is 5.92 Å². The fourth-order valence-corrected chi connectivity index (χ4v) is 2.35. The van der Waals surface area contributed by atoms with Crippen LogP contribution in [0.1, 0.15) is 38.5 Å². The average Bonchev–Trinajstić information content (AvgIpc) is 2.29. The standard InChI is InChI=1S/C12H24BrNO/c13-7-3-1-2-4-8-14-11-12-5-9-15-10-6-12/h12,14H,1-11H2. The number of halogens is 1. The van der Waals surface area contributed by atoms with Crippen molar-refractivity contribution in [3.8, 4) is 0 Å². The lowest BCUT2D eigenvalue weighted by atomic mass is 10.0. The molecule has 1 aliphatic heterocycles. The number of ether oxygens (including phenoxy) is 1. The van der Waals surface area contributed by atoms with Crippen molar-refractivity contribution >= 4 is 15.9 Å². The van der Waals surface area contributed by atoms with E-state index >= 15 is 0 Å². The molecule has 0 atom stereocenters. The van der Waals surface area contributed by atoms with Gasteiger partial charge in [-0.25, -0.2) is 0 Å². The first-order valence-electron chi connectivity index (χ1n) is 6.28. The predicted octanol–water partition coefficient (Wildman–Crippen LogP) is 2.96. The monoisotopic (exact) mass is 277 g/mol. The molecule has 90 valence electrons. The second kappa shape index (κ2) is 9.61. The highest BCUT2D eigenvalue weighted by Gasteiger charge is 2.12. The first-order chi connectivity index (χ1) is 7.43. The molecule has 1 aliphatic rings. The summed E-state index contributed by atoms with van der Waals surface area (Å²) in [6, 6.07) is 0. The van der Waals surface area contributed by atoms with E-state index in [9.17, 15) is 0 Å². The molecule has 3 heteroatoms. The van der Waals surface area contributed by atoms with E-state index in [0.717, 1.165) is 24.5 Å². The van der Waals surface area contributed by atoms with Gasteiger partial charge in [0.1, 0.15) is 0 Å². The number of alkyl halides is 1. The molecule has 0 saturated carbocycles. The van der Waals surface area contributed by atoms with Crippen molar-refractivity contribution in [1.29, 1.82) is 0 Å². The number of rotatable bonds is 8. The van der Waals surface area contributed by atoms with Gasteiger partial charge in [0.2, 0.25) is 0 Å². The maximum absolute atomic E-state index is 5.34. The molecule has 15 heavy (non-hydrogen) atoms. The minimum atomic E-state index is 0.862. The van der Waals surface area contributed by atoms with Gasteiger partial charge in [0.05, 0.1) is 0 Å². The molecule has 1 saturated heterocycles. The Balaban J connectivity index is 1.79. The summed E-state index contributed by atoms with van der Waals surface area (Å²) in [5.74, 6) is 0.862. The van der Waals surface area contributed by atoms with Crippen LogP contribution in [0.2, 0.25) is 0 Å². The van der Waals surface area contributed by atoms with Gasteiger partial charge in [-0.15, -0.1) is 0 Å². The van der Waals surface area contributed by atoms with Gasteiger partial charge in [-0.1, -0.05) is 28.8 Å². The Morgan fingerprint density at radius 3 is 2.53 bits per heavy atom. The number of hydrogen-bond acceptors (Lipinski definition) is 2. The van der Waals surface area contributed by atoms with Crippen molar-refractivity contribution in [1.82, 2.24) is 5.32 Å². The molecule has 2 nitrogen and oxygen atoms in total. The van der Waals surface area contributed by atoms with Gasteiger partial charge < -0.3 is 10.1 Å². The van der Waals surface area contributed by atoms with Crippen molar-refractivity contribution < 1.29 is 4.74 Å².